The molecule has 0 aliphatic carbocycles. The van der Waals surface area contributed by atoms with Crippen LogP contribution in [0.3, 0.4) is 0 Å². The molecule has 302 valence electrons. The SMILES string of the molecule is CCCCCCCCCCCCCCCCCCc1ccccc1CCCCCCCCCCCCCCCCCC.NSc1nc2ccccc2s1. The van der Waals surface area contributed by atoms with E-state index in [1.807, 2.05) is 24.3 Å². The van der Waals surface area contributed by atoms with Gasteiger partial charge in [-0.3, -0.25) is 5.14 Å². The van der Waals surface area contributed by atoms with E-state index in [1.54, 1.807) is 22.5 Å². The smallest absolute Gasteiger partial charge is 0.165 e. The summed E-state index contributed by atoms with van der Waals surface area (Å²) in [5.41, 5.74) is 4.32. The molecule has 1 heterocycles. The lowest BCUT2D eigenvalue weighted by molar-refractivity contribution is 0.528. The molecule has 1 aromatic heterocycles. The molecule has 4 heteroatoms. The van der Waals surface area contributed by atoms with Gasteiger partial charge in [0.1, 0.15) is 0 Å². The predicted molar refractivity (Wildman–Crippen MR) is 243 cm³/mol. The summed E-state index contributed by atoms with van der Waals surface area (Å²) < 4.78 is 2.12. The van der Waals surface area contributed by atoms with Crippen molar-refractivity contribution in [3.8, 4) is 0 Å². The Labute approximate surface area is 338 Å². The third kappa shape index (κ3) is 27.0. The molecule has 0 saturated carbocycles. The standard InChI is InChI=1S/C42H78.C7H6N2S2/c1-3-5-7-9-11-13-15-17-19-21-23-25-27-29-31-33-37-41-39-35-36-40-42(41)38-34-32-30-28-26-24-22-20-18-16-14-12-10-8-6-4-2;8-11-7-9-5-3-1-2-4-6(5)10-7/h35-36,39-40H,3-34,37-38H2,1-2H3;1-4H,8H2. The van der Waals surface area contributed by atoms with Crippen molar-refractivity contribution >= 4 is 33.5 Å². The second-order valence-corrected chi connectivity index (χ2v) is 17.9. The fourth-order valence-electron chi connectivity index (χ4n) is 7.67. The zero-order chi connectivity index (χ0) is 37.7. The molecule has 0 saturated heterocycles. The van der Waals surface area contributed by atoms with Gasteiger partial charge in [-0.25, -0.2) is 4.98 Å². The van der Waals surface area contributed by atoms with Crippen LogP contribution in [0.2, 0.25) is 0 Å². The number of nitrogens with zero attached hydrogens (tertiary/aromatic N) is 1. The zero-order valence-electron chi connectivity index (χ0n) is 35.0. The number of hydrogen-bond acceptors (Lipinski definition) is 4. The molecule has 53 heavy (non-hydrogen) atoms. The molecular weight excluding hydrogens is 681 g/mol. The van der Waals surface area contributed by atoms with Gasteiger partial charge >= 0.3 is 0 Å². The lowest BCUT2D eigenvalue weighted by Gasteiger charge is -2.10. The Bertz CT molecular complexity index is 1100. The number of unbranched alkanes of at least 4 members (excludes halogenated alkanes) is 30. The van der Waals surface area contributed by atoms with Crippen LogP contribution in [-0.2, 0) is 12.8 Å². The fourth-order valence-corrected chi connectivity index (χ4v) is 8.98. The van der Waals surface area contributed by atoms with Gasteiger partial charge in [0.15, 0.2) is 4.34 Å². The van der Waals surface area contributed by atoms with E-state index in [-0.39, 0.29) is 0 Å². The molecular formula is C49H84N2S2. The zero-order valence-corrected chi connectivity index (χ0v) is 36.6. The maximum Gasteiger partial charge on any atom is 0.165 e. The lowest BCUT2D eigenvalue weighted by Crippen LogP contribution is -1.95. The highest BCUT2D eigenvalue weighted by molar-refractivity contribution is 7.99. The van der Waals surface area contributed by atoms with Crippen molar-refractivity contribution in [2.45, 2.75) is 236 Å². The summed E-state index contributed by atoms with van der Waals surface area (Å²) in [4.78, 5) is 4.29. The maximum absolute atomic E-state index is 5.38. The van der Waals surface area contributed by atoms with E-state index < -0.39 is 0 Å². The Morgan fingerprint density at radius 3 is 1.04 bits per heavy atom. The van der Waals surface area contributed by atoms with Crippen LogP contribution in [-0.4, -0.2) is 4.98 Å². The minimum Gasteiger partial charge on any atom is -0.272 e. The number of benzene rings is 2. The molecule has 0 fully saturated rings. The molecule has 2 N–H and O–H groups in total. The average molecular weight is 765 g/mol. The first-order chi connectivity index (χ1) is 26.3. The molecule has 0 spiro atoms. The number of rotatable bonds is 35. The monoisotopic (exact) mass is 765 g/mol. The van der Waals surface area contributed by atoms with Gasteiger partial charge in [-0.05, 0) is 60.9 Å². The van der Waals surface area contributed by atoms with Crippen LogP contribution in [0.5, 0.6) is 0 Å². The Balaban J connectivity index is 0.000000739. The quantitative estimate of drug-likeness (QED) is 0.0479. The maximum atomic E-state index is 5.38. The molecule has 2 nitrogen and oxygen atoms in total. The number of para-hydroxylation sites is 1. The second-order valence-electron chi connectivity index (χ2n) is 15.9. The Morgan fingerprint density at radius 2 is 0.717 bits per heavy atom. The summed E-state index contributed by atoms with van der Waals surface area (Å²) in [6, 6.07) is 17.4. The van der Waals surface area contributed by atoms with Crippen molar-refractivity contribution in [2.75, 3.05) is 0 Å². The molecule has 0 amide bonds. The third-order valence-electron chi connectivity index (χ3n) is 11.1. The molecule has 0 aliphatic heterocycles. The van der Waals surface area contributed by atoms with E-state index in [0.29, 0.717) is 0 Å². The summed E-state index contributed by atoms with van der Waals surface area (Å²) in [5, 5.41) is 5.38. The van der Waals surface area contributed by atoms with Crippen molar-refractivity contribution in [3.63, 3.8) is 0 Å². The number of nitrogens with two attached hydrogens (primary N) is 1. The van der Waals surface area contributed by atoms with Gasteiger partial charge in [-0.2, -0.15) is 0 Å². The van der Waals surface area contributed by atoms with Crippen molar-refractivity contribution in [1.29, 1.82) is 0 Å². The van der Waals surface area contributed by atoms with Gasteiger partial charge in [0.05, 0.1) is 10.2 Å². The van der Waals surface area contributed by atoms with E-state index in [1.165, 1.54) is 235 Å². The lowest BCUT2D eigenvalue weighted by atomic mass is 9.96. The van der Waals surface area contributed by atoms with Crippen LogP contribution in [0.15, 0.2) is 52.9 Å². The van der Waals surface area contributed by atoms with E-state index in [9.17, 15) is 0 Å². The van der Waals surface area contributed by atoms with E-state index >= 15 is 0 Å². The van der Waals surface area contributed by atoms with Crippen molar-refractivity contribution in [1.82, 2.24) is 4.98 Å². The second kappa shape index (κ2) is 36.3. The molecule has 3 aromatic rings. The first-order valence-corrected chi connectivity index (χ1v) is 24.8. The summed E-state index contributed by atoms with van der Waals surface area (Å²) in [7, 11) is 0. The summed E-state index contributed by atoms with van der Waals surface area (Å²) in [6.45, 7) is 4.62. The van der Waals surface area contributed by atoms with E-state index in [4.69, 9.17) is 5.14 Å². The summed E-state index contributed by atoms with van der Waals surface area (Å²) in [5.74, 6) is 0. The van der Waals surface area contributed by atoms with Crippen LogP contribution in [0.4, 0.5) is 0 Å². The van der Waals surface area contributed by atoms with Gasteiger partial charge in [0.2, 0.25) is 0 Å². The van der Waals surface area contributed by atoms with Crippen molar-refractivity contribution in [3.05, 3.63) is 59.7 Å². The van der Waals surface area contributed by atoms with Gasteiger partial charge in [-0.1, -0.05) is 243 Å². The molecule has 0 radical (unpaired) electrons. The molecule has 0 bridgehead atoms. The number of hydrogen-bond donors (Lipinski definition) is 1. The van der Waals surface area contributed by atoms with Crippen LogP contribution in [0.1, 0.15) is 230 Å². The molecule has 0 unspecified atom stereocenters. The Hall–Kier alpha value is -1.36. The van der Waals surface area contributed by atoms with Crippen LogP contribution >= 0.6 is 23.3 Å². The molecule has 0 aliphatic rings. The van der Waals surface area contributed by atoms with E-state index in [2.05, 4.69) is 43.1 Å². The molecule has 3 rings (SSSR count). The molecule has 2 aromatic carbocycles. The van der Waals surface area contributed by atoms with Gasteiger partial charge in [0.25, 0.3) is 0 Å². The average Bonchev–Trinajstić information content (AvgIpc) is 3.62. The summed E-state index contributed by atoms with van der Waals surface area (Å²) >= 11 is 2.83. The van der Waals surface area contributed by atoms with Crippen LogP contribution in [0, 0.1) is 0 Å². The normalized spacial score (nSPS) is 11.3. The molecule has 0 atom stereocenters. The highest BCUT2D eigenvalue weighted by Crippen LogP contribution is 2.26. The largest absolute Gasteiger partial charge is 0.272 e. The fraction of sp³-hybridized carbons (Fsp3) is 0.735. The van der Waals surface area contributed by atoms with Crippen molar-refractivity contribution < 1.29 is 0 Å². The highest BCUT2D eigenvalue weighted by Gasteiger charge is 2.03. The number of aromatic nitrogens is 1. The van der Waals surface area contributed by atoms with Gasteiger partial charge < -0.3 is 0 Å². The topological polar surface area (TPSA) is 38.9 Å². The Kier molecular flexibility index (Phi) is 32.7. The number of thiazole rings is 1. The highest BCUT2D eigenvalue weighted by atomic mass is 32.2. The summed E-state index contributed by atoms with van der Waals surface area (Å²) in [6.07, 6.45) is 49.1. The van der Waals surface area contributed by atoms with Crippen LogP contribution in [0.25, 0.3) is 10.2 Å². The predicted octanol–water partition coefficient (Wildman–Crippen LogP) is 17.6. The first kappa shape index (κ1) is 47.8. The number of aryl methyl sites for hydroxylation is 2. The van der Waals surface area contributed by atoms with E-state index in [0.717, 1.165) is 9.86 Å². The van der Waals surface area contributed by atoms with Crippen LogP contribution < -0.4 is 5.14 Å². The van der Waals surface area contributed by atoms with Crippen molar-refractivity contribution in [2.24, 2.45) is 5.14 Å². The minimum atomic E-state index is 0.922. The third-order valence-corrected chi connectivity index (χ3v) is 12.8. The first-order valence-electron chi connectivity index (χ1n) is 23.1. The van der Waals surface area contributed by atoms with Gasteiger partial charge in [0, 0.05) is 0 Å². The minimum absolute atomic E-state index is 0.922. The van der Waals surface area contributed by atoms with Gasteiger partial charge in [-0.15, -0.1) is 11.3 Å². The number of fused-ring (bicyclic) bond motifs is 1. The Morgan fingerprint density at radius 1 is 0.415 bits per heavy atom.